The first-order valence-electron chi connectivity index (χ1n) is 6.45. The zero-order valence-corrected chi connectivity index (χ0v) is 10.8. The van der Waals surface area contributed by atoms with Crippen molar-refractivity contribution in [3.05, 3.63) is 30.1 Å². The molecule has 0 spiro atoms. The van der Waals surface area contributed by atoms with Crippen LogP contribution < -0.4 is 0 Å². The van der Waals surface area contributed by atoms with Crippen molar-refractivity contribution in [3.8, 4) is 0 Å². The van der Waals surface area contributed by atoms with Crippen LogP contribution in [0.2, 0.25) is 0 Å². The van der Waals surface area contributed by atoms with E-state index in [0.29, 0.717) is 0 Å². The van der Waals surface area contributed by atoms with Gasteiger partial charge in [0.25, 0.3) is 0 Å². The zero-order chi connectivity index (χ0) is 13.0. The summed E-state index contributed by atoms with van der Waals surface area (Å²) in [4.78, 5) is 17.6. The fourth-order valence-corrected chi connectivity index (χ4v) is 2.32. The molecule has 4 heteroatoms. The van der Waals surface area contributed by atoms with Crippen LogP contribution in [0.5, 0.6) is 0 Å². The minimum Gasteiger partial charge on any atom is -0.481 e. The molecule has 0 radical (unpaired) electrons. The summed E-state index contributed by atoms with van der Waals surface area (Å²) in [5.41, 5.74) is 0.717. The van der Waals surface area contributed by atoms with Crippen molar-refractivity contribution < 1.29 is 9.90 Å². The molecule has 1 N–H and O–H groups in total. The number of rotatable bonds is 4. The highest BCUT2D eigenvalue weighted by atomic mass is 16.4. The van der Waals surface area contributed by atoms with E-state index < -0.39 is 11.4 Å². The Bertz CT molecular complexity index is 398. The Morgan fingerprint density at radius 1 is 1.50 bits per heavy atom. The van der Waals surface area contributed by atoms with E-state index in [-0.39, 0.29) is 0 Å². The van der Waals surface area contributed by atoms with Crippen LogP contribution in [0, 0.1) is 5.41 Å². The van der Waals surface area contributed by atoms with E-state index >= 15 is 0 Å². The third kappa shape index (κ3) is 3.07. The Kier molecular flexibility index (Phi) is 3.97. The van der Waals surface area contributed by atoms with Crippen molar-refractivity contribution in [2.24, 2.45) is 5.41 Å². The molecule has 0 atom stereocenters. The van der Waals surface area contributed by atoms with Gasteiger partial charge < -0.3 is 10.0 Å². The lowest BCUT2D eigenvalue weighted by atomic mass is 9.80. The number of nitrogens with zero attached hydrogens (tertiary/aromatic N) is 2. The summed E-state index contributed by atoms with van der Waals surface area (Å²) in [6, 6.07) is 4.03. The monoisotopic (exact) mass is 248 g/mol. The quantitative estimate of drug-likeness (QED) is 0.883. The molecule has 0 aromatic carbocycles. The molecule has 18 heavy (non-hydrogen) atoms. The van der Waals surface area contributed by atoms with Gasteiger partial charge in [0.15, 0.2) is 0 Å². The molecule has 98 valence electrons. The van der Waals surface area contributed by atoms with E-state index in [4.69, 9.17) is 5.11 Å². The minimum atomic E-state index is -0.658. The second-order valence-electron chi connectivity index (χ2n) is 5.32. The Balaban J connectivity index is 1.79. The summed E-state index contributed by atoms with van der Waals surface area (Å²) in [7, 11) is 0. The van der Waals surface area contributed by atoms with Gasteiger partial charge in [-0.2, -0.15) is 0 Å². The van der Waals surface area contributed by atoms with Crippen LogP contribution in [0.1, 0.15) is 25.3 Å². The van der Waals surface area contributed by atoms with E-state index in [1.54, 1.807) is 6.20 Å². The molecular weight excluding hydrogens is 228 g/mol. The molecule has 2 heterocycles. The lowest BCUT2D eigenvalue weighted by molar-refractivity contribution is -0.150. The number of carboxylic acid groups (broad SMARTS) is 1. The predicted molar refractivity (Wildman–Crippen MR) is 69.4 cm³/mol. The molecule has 1 aliphatic rings. The first-order valence-corrected chi connectivity index (χ1v) is 6.45. The zero-order valence-electron chi connectivity index (χ0n) is 10.8. The Morgan fingerprint density at radius 2 is 2.22 bits per heavy atom. The van der Waals surface area contributed by atoms with E-state index in [9.17, 15) is 4.79 Å². The van der Waals surface area contributed by atoms with Crippen molar-refractivity contribution in [3.63, 3.8) is 0 Å². The maximum Gasteiger partial charge on any atom is 0.309 e. The summed E-state index contributed by atoms with van der Waals surface area (Å²) < 4.78 is 0. The molecule has 1 saturated heterocycles. The van der Waals surface area contributed by atoms with Crippen molar-refractivity contribution in [1.29, 1.82) is 0 Å². The van der Waals surface area contributed by atoms with E-state index in [2.05, 4.69) is 16.0 Å². The number of carboxylic acids is 1. The van der Waals surface area contributed by atoms with E-state index in [0.717, 1.165) is 38.9 Å². The van der Waals surface area contributed by atoms with E-state index in [1.165, 1.54) is 5.56 Å². The lowest BCUT2D eigenvalue weighted by Crippen LogP contribution is -2.43. The number of piperidine rings is 1. The normalized spacial score (nSPS) is 19.6. The van der Waals surface area contributed by atoms with Crippen LogP contribution in [-0.4, -0.2) is 40.6 Å². The Morgan fingerprint density at radius 3 is 2.78 bits per heavy atom. The fraction of sp³-hybridized carbons (Fsp3) is 0.571. The minimum absolute atomic E-state index is 0.523. The first kappa shape index (κ1) is 13.0. The van der Waals surface area contributed by atoms with E-state index in [1.807, 2.05) is 19.2 Å². The maximum absolute atomic E-state index is 11.1. The van der Waals surface area contributed by atoms with Crippen LogP contribution in [0.15, 0.2) is 24.5 Å². The number of carbonyl (C=O) groups is 1. The second-order valence-corrected chi connectivity index (χ2v) is 5.32. The summed E-state index contributed by atoms with van der Waals surface area (Å²) in [5, 5.41) is 9.16. The summed E-state index contributed by atoms with van der Waals surface area (Å²) >= 11 is 0. The van der Waals surface area contributed by atoms with Gasteiger partial charge in [-0.15, -0.1) is 0 Å². The highest BCUT2D eigenvalue weighted by molar-refractivity contribution is 5.74. The lowest BCUT2D eigenvalue weighted by Gasteiger charge is -2.36. The SMILES string of the molecule is CC1(C(=O)O)CCN(CCc2cccnc2)CC1. The summed E-state index contributed by atoms with van der Waals surface area (Å²) in [6.45, 7) is 4.60. The molecule has 0 amide bonds. The van der Waals surface area contributed by atoms with Gasteiger partial charge in [0, 0.05) is 18.9 Å². The summed E-state index contributed by atoms with van der Waals surface area (Å²) in [5.74, 6) is -0.658. The number of hydrogen-bond donors (Lipinski definition) is 1. The van der Waals surface area contributed by atoms with Gasteiger partial charge in [0.2, 0.25) is 0 Å². The molecule has 1 fully saturated rings. The van der Waals surface area contributed by atoms with Crippen LogP contribution in [0.3, 0.4) is 0 Å². The third-order valence-corrected chi connectivity index (χ3v) is 3.92. The topological polar surface area (TPSA) is 53.4 Å². The molecule has 4 nitrogen and oxygen atoms in total. The van der Waals surface area contributed by atoms with Crippen molar-refractivity contribution >= 4 is 5.97 Å². The highest BCUT2D eigenvalue weighted by Crippen LogP contribution is 2.30. The maximum atomic E-state index is 11.1. The van der Waals surface area contributed by atoms with Crippen molar-refractivity contribution in [2.45, 2.75) is 26.2 Å². The standard InChI is InChI=1S/C14H20N2O2/c1-14(13(17)18)5-9-16(10-6-14)8-4-12-3-2-7-15-11-12/h2-3,7,11H,4-6,8-10H2,1H3,(H,17,18). The number of pyridine rings is 1. The number of hydrogen-bond acceptors (Lipinski definition) is 3. The van der Waals surface area contributed by atoms with Crippen LogP contribution in [0.25, 0.3) is 0 Å². The molecular formula is C14H20N2O2. The Hall–Kier alpha value is -1.42. The molecule has 1 aromatic heterocycles. The molecule has 0 unspecified atom stereocenters. The first-order chi connectivity index (χ1) is 8.60. The average Bonchev–Trinajstić information content (AvgIpc) is 2.39. The molecule has 0 bridgehead atoms. The highest BCUT2D eigenvalue weighted by Gasteiger charge is 2.36. The van der Waals surface area contributed by atoms with Gasteiger partial charge in [-0.25, -0.2) is 0 Å². The largest absolute Gasteiger partial charge is 0.481 e. The molecule has 1 aromatic rings. The van der Waals surface area contributed by atoms with Gasteiger partial charge in [-0.1, -0.05) is 6.07 Å². The Labute approximate surface area is 108 Å². The van der Waals surface area contributed by atoms with Gasteiger partial charge in [0.05, 0.1) is 5.41 Å². The fourth-order valence-electron chi connectivity index (χ4n) is 2.32. The van der Waals surface area contributed by atoms with Crippen LogP contribution in [0.4, 0.5) is 0 Å². The smallest absolute Gasteiger partial charge is 0.309 e. The predicted octanol–water partition coefficient (Wildman–Crippen LogP) is 1.81. The van der Waals surface area contributed by atoms with Crippen molar-refractivity contribution in [2.75, 3.05) is 19.6 Å². The average molecular weight is 248 g/mol. The number of aliphatic carboxylic acids is 1. The van der Waals surface area contributed by atoms with Crippen molar-refractivity contribution in [1.82, 2.24) is 9.88 Å². The molecule has 0 aliphatic carbocycles. The molecule has 1 aliphatic heterocycles. The number of likely N-dealkylation sites (tertiary alicyclic amines) is 1. The molecule has 2 rings (SSSR count). The van der Waals surface area contributed by atoms with Gasteiger partial charge >= 0.3 is 5.97 Å². The summed E-state index contributed by atoms with van der Waals surface area (Å²) in [6.07, 6.45) is 6.15. The second kappa shape index (κ2) is 5.48. The number of aromatic nitrogens is 1. The molecule has 0 saturated carbocycles. The van der Waals surface area contributed by atoms with Crippen LogP contribution >= 0.6 is 0 Å². The van der Waals surface area contributed by atoms with Gasteiger partial charge in [-0.05, 0) is 50.9 Å². The van der Waals surface area contributed by atoms with Crippen LogP contribution in [-0.2, 0) is 11.2 Å². The van der Waals surface area contributed by atoms with Gasteiger partial charge in [-0.3, -0.25) is 9.78 Å². The van der Waals surface area contributed by atoms with Gasteiger partial charge in [0.1, 0.15) is 0 Å². The third-order valence-electron chi connectivity index (χ3n) is 3.92.